The molecule has 3 rings (SSSR count). The monoisotopic (exact) mass is 316 g/mol. The van der Waals surface area contributed by atoms with Crippen molar-refractivity contribution in [2.75, 3.05) is 26.3 Å². The largest absolute Gasteiger partial charge is 0.380 e. The molecule has 1 N–H and O–H groups in total. The third-order valence-corrected chi connectivity index (χ3v) is 4.19. The molecule has 1 aromatic carbocycles. The molecule has 0 radical (unpaired) electrons. The van der Waals surface area contributed by atoms with Crippen molar-refractivity contribution in [3.05, 3.63) is 46.6 Å². The van der Waals surface area contributed by atoms with E-state index < -0.39 is 0 Å². The standard InChI is InChI=1S/C17H24N4O2/c1-2-23-12-11-20-17(22)21(15-8-4-3-5-9-15)16(19-20)14-7-6-10-18-13-14/h3-5,8-9,14,18H,2,6-7,10-13H2,1H3. The molecule has 6 heteroatoms. The lowest BCUT2D eigenvalue weighted by molar-refractivity contribution is 0.135. The molecule has 1 unspecified atom stereocenters. The Balaban J connectivity index is 1.98. The van der Waals surface area contributed by atoms with Crippen LogP contribution in [0.4, 0.5) is 0 Å². The van der Waals surface area contributed by atoms with Gasteiger partial charge in [-0.1, -0.05) is 18.2 Å². The molecule has 1 aromatic heterocycles. The molecule has 0 spiro atoms. The maximum absolute atomic E-state index is 12.8. The average Bonchev–Trinajstić information content (AvgIpc) is 2.93. The van der Waals surface area contributed by atoms with Gasteiger partial charge in [0.25, 0.3) is 0 Å². The Hall–Kier alpha value is -1.92. The second-order valence-corrected chi connectivity index (χ2v) is 5.78. The van der Waals surface area contributed by atoms with E-state index in [-0.39, 0.29) is 11.6 Å². The molecule has 1 fully saturated rings. The Kier molecular flexibility index (Phi) is 5.25. The van der Waals surface area contributed by atoms with Gasteiger partial charge in [0.15, 0.2) is 0 Å². The summed E-state index contributed by atoms with van der Waals surface area (Å²) in [7, 11) is 0. The van der Waals surface area contributed by atoms with Crippen molar-refractivity contribution in [1.82, 2.24) is 19.7 Å². The van der Waals surface area contributed by atoms with Crippen LogP contribution in [0.15, 0.2) is 35.1 Å². The number of rotatable bonds is 6. The van der Waals surface area contributed by atoms with Crippen LogP contribution in [0.1, 0.15) is 31.5 Å². The Bertz CT molecular complexity index is 672. The first kappa shape index (κ1) is 16.0. The molecule has 1 aliphatic rings. The summed E-state index contributed by atoms with van der Waals surface area (Å²) in [5, 5.41) is 8.03. The summed E-state index contributed by atoms with van der Waals surface area (Å²) in [6.45, 7) is 5.49. The van der Waals surface area contributed by atoms with Gasteiger partial charge in [0.1, 0.15) is 5.82 Å². The van der Waals surface area contributed by atoms with Gasteiger partial charge in [0, 0.05) is 19.1 Å². The van der Waals surface area contributed by atoms with Crippen molar-refractivity contribution in [3.63, 3.8) is 0 Å². The molecule has 0 aliphatic carbocycles. The molecular formula is C17H24N4O2. The SMILES string of the molecule is CCOCCn1nc(C2CCCNC2)n(-c2ccccc2)c1=O. The van der Waals surface area contributed by atoms with Crippen LogP contribution in [-0.4, -0.2) is 40.7 Å². The van der Waals surface area contributed by atoms with Crippen molar-refractivity contribution in [2.24, 2.45) is 0 Å². The van der Waals surface area contributed by atoms with Gasteiger partial charge in [-0.05, 0) is 38.4 Å². The van der Waals surface area contributed by atoms with Crippen LogP contribution in [0.3, 0.4) is 0 Å². The minimum atomic E-state index is -0.0866. The van der Waals surface area contributed by atoms with Crippen molar-refractivity contribution in [3.8, 4) is 5.69 Å². The van der Waals surface area contributed by atoms with E-state index in [4.69, 9.17) is 4.74 Å². The van der Waals surface area contributed by atoms with Crippen molar-refractivity contribution in [1.29, 1.82) is 0 Å². The van der Waals surface area contributed by atoms with Crippen LogP contribution in [0.2, 0.25) is 0 Å². The fraction of sp³-hybridized carbons (Fsp3) is 0.529. The number of hydrogen-bond acceptors (Lipinski definition) is 4. The predicted molar refractivity (Wildman–Crippen MR) is 89.2 cm³/mol. The van der Waals surface area contributed by atoms with Gasteiger partial charge in [0.2, 0.25) is 0 Å². The minimum Gasteiger partial charge on any atom is -0.380 e. The van der Waals surface area contributed by atoms with Gasteiger partial charge < -0.3 is 10.1 Å². The van der Waals surface area contributed by atoms with Crippen molar-refractivity contribution >= 4 is 0 Å². The zero-order chi connectivity index (χ0) is 16.1. The molecule has 2 aromatic rings. The molecule has 1 atom stereocenters. The van der Waals surface area contributed by atoms with Gasteiger partial charge in [0.05, 0.1) is 18.8 Å². The third-order valence-electron chi connectivity index (χ3n) is 4.19. The second kappa shape index (κ2) is 7.57. The van der Waals surface area contributed by atoms with E-state index in [1.165, 1.54) is 4.68 Å². The molecule has 0 saturated carbocycles. The van der Waals surface area contributed by atoms with E-state index in [2.05, 4.69) is 10.4 Å². The quantitative estimate of drug-likeness (QED) is 0.821. The maximum Gasteiger partial charge on any atom is 0.350 e. The summed E-state index contributed by atoms with van der Waals surface area (Å²) in [6.07, 6.45) is 2.17. The van der Waals surface area contributed by atoms with E-state index in [1.54, 1.807) is 4.57 Å². The predicted octanol–water partition coefficient (Wildman–Crippen LogP) is 1.54. The van der Waals surface area contributed by atoms with Gasteiger partial charge in [-0.2, -0.15) is 5.10 Å². The highest BCUT2D eigenvalue weighted by Gasteiger charge is 2.24. The van der Waals surface area contributed by atoms with Crippen LogP contribution in [0.5, 0.6) is 0 Å². The van der Waals surface area contributed by atoms with E-state index in [0.29, 0.717) is 19.8 Å². The fourth-order valence-electron chi connectivity index (χ4n) is 3.02. The van der Waals surface area contributed by atoms with Gasteiger partial charge in [-0.3, -0.25) is 0 Å². The topological polar surface area (TPSA) is 61.1 Å². The smallest absolute Gasteiger partial charge is 0.350 e. The molecule has 0 bridgehead atoms. The molecule has 1 saturated heterocycles. The van der Waals surface area contributed by atoms with E-state index in [9.17, 15) is 4.79 Å². The number of piperidine rings is 1. The number of aromatic nitrogens is 3. The molecule has 124 valence electrons. The number of para-hydroxylation sites is 1. The van der Waals surface area contributed by atoms with Crippen molar-refractivity contribution < 1.29 is 4.74 Å². The highest BCUT2D eigenvalue weighted by Crippen LogP contribution is 2.22. The summed E-state index contributed by atoms with van der Waals surface area (Å²) in [5.74, 6) is 1.12. The van der Waals surface area contributed by atoms with E-state index in [1.807, 2.05) is 37.3 Å². The Morgan fingerprint density at radius 3 is 2.87 bits per heavy atom. The molecule has 1 aliphatic heterocycles. The number of benzene rings is 1. The zero-order valence-electron chi connectivity index (χ0n) is 13.6. The molecule has 23 heavy (non-hydrogen) atoms. The Morgan fingerprint density at radius 1 is 1.35 bits per heavy atom. The fourth-order valence-corrected chi connectivity index (χ4v) is 3.02. The zero-order valence-corrected chi connectivity index (χ0v) is 13.6. The first-order chi connectivity index (χ1) is 11.3. The molecule has 0 amide bonds. The lowest BCUT2D eigenvalue weighted by atomic mass is 9.99. The highest BCUT2D eigenvalue weighted by molar-refractivity contribution is 5.33. The summed E-state index contributed by atoms with van der Waals surface area (Å²) >= 11 is 0. The summed E-state index contributed by atoms with van der Waals surface area (Å²) in [5.41, 5.74) is 0.789. The third kappa shape index (κ3) is 3.54. The number of nitrogens with one attached hydrogen (secondary N) is 1. The first-order valence-electron chi connectivity index (χ1n) is 8.35. The van der Waals surface area contributed by atoms with Crippen LogP contribution in [0, 0.1) is 0 Å². The van der Waals surface area contributed by atoms with E-state index >= 15 is 0 Å². The van der Waals surface area contributed by atoms with Crippen LogP contribution < -0.4 is 11.0 Å². The number of nitrogens with zero attached hydrogens (tertiary/aromatic N) is 3. The summed E-state index contributed by atoms with van der Waals surface area (Å²) in [6, 6.07) is 9.76. The van der Waals surface area contributed by atoms with Crippen molar-refractivity contribution in [2.45, 2.75) is 32.2 Å². The first-order valence-corrected chi connectivity index (χ1v) is 8.35. The number of hydrogen-bond donors (Lipinski definition) is 1. The summed E-state index contributed by atoms with van der Waals surface area (Å²) < 4.78 is 8.66. The lowest BCUT2D eigenvalue weighted by Crippen LogP contribution is -2.31. The molecular weight excluding hydrogens is 292 g/mol. The minimum absolute atomic E-state index is 0.0866. The average molecular weight is 316 g/mol. The Morgan fingerprint density at radius 2 is 2.17 bits per heavy atom. The van der Waals surface area contributed by atoms with Crippen LogP contribution in [-0.2, 0) is 11.3 Å². The molecule has 6 nitrogen and oxygen atoms in total. The summed E-state index contributed by atoms with van der Waals surface area (Å²) in [4.78, 5) is 12.8. The molecule has 2 heterocycles. The normalized spacial score (nSPS) is 18.2. The van der Waals surface area contributed by atoms with E-state index in [0.717, 1.165) is 37.4 Å². The van der Waals surface area contributed by atoms with Crippen LogP contribution in [0.25, 0.3) is 5.69 Å². The highest BCUT2D eigenvalue weighted by atomic mass is 16.5. The van der Waals surface area contributed by atoms with Crippen LogP contribution >= 0.6 is 0 Å². The van der Waals surface area contributed by atoms with Gasteiger partial charge in [-0.25, -0.2) is 14.0 Å². The van der Waals surface area contributed by atoms with Gasteiger partial charge >= 0.3 is 5.69 Å². The number of ether oxygens (including phenoxy) is 1. The lowest BCUT2D eigenvalue weighted by Gasteiger charge is -2.22. The maximum atomic E-state index is 12.8. The van der Waals surface area contributed by atoms with Gasteiger partial charge in [-0.15, -0.1) is 0 Å². The second-order valence-electron chi connectivity index (χ2n) is 5.78. The Labute approximate surface area is 136 Å².